The predicted molar refractivity (Wildman–Crippen MR) is 100 cm³/mol. The van der Waals surface area contributed by atoms with Gasteiger partial charge in [-0.1, -0.05) is 0 Å². The van der Waals surface area contributed by atoms with Crippen molar-refractivity contribution in [2.75, 3.05) is 35.8 Å². The molecule has 130 valence electrons. The van der Waals surface area contributed by atoms with Crippen LogP contribution in [0, 0.1) is 0 Å². The Balaban J connectivity index is 1.96. The molecule has 0 saturated carbocycles. The van der Waals surface area contributed by atoms with E-state index >= 15 is 0 Å². The summed E-state index contributed by atoms with van der Waals surface area (Å²) in [4.78, 5) is 26.4. The zero-order valence-corrected chi connectivity index (χ0v) is 15.2. The molecular weight excluding hydrogens is 326 g/mol. The number of hydrogen-bond acceptors (Lipinski definition) is 4. The van der Waals surface area contributed by atoms with Crippen LogP contribution in [0.5, 0.6) is 0 Å². The highest BCUT2D eigenvalue weighted by Crippen LogP contribution is 2.29. The number of rotatable bonds is 3. The van der Waals surface area contributed by atoms with Crippen LogP contribution in [0.4, 0.5) is 16.2 Å². The average Bonchev–Trinajstić information content (AvgIpc) is 3.10. The van der Waals surface area contributed by atoms with E-state index in [9.17, 15) is 9.59 Å². The number of imidazole rings is 1. The Morgan fingerprint density at radius 1 is 1.25 bits per heavy atom. The molecule has 8 heteroatoms. The molecule has 24 heavy (non-hydrogen) atoms. The van der Waals surface area contributed by atoms with Crippen LogP contribution >= 0.6 is 11.8 Å². The molecule has 0 radical (unpaired) electrons. The number of anilines is 2. The summed E-state index contributed by atoms with van der Waals surface area (Å²) in [5.74, 6) is 2.05. The number of amides is 2. The molecule has 0 bridgehead atoms. The fourth-order valence-corrected chi connectivity index (χ4v) is 4.15. The molecule has 3 rings (SSSR count). The van der Waals surface area contributed by atoms with Crippen LogP contribution in [0.1, 0.15) is 6.42 Å². The summed E-state index contributed by atoms with van der Waals surface area (Å²) < 4.78 is 3.20. The van der Waals surface area contributed by atoms with Gasteiger partial charge in [0.15, 0.2) is 0 Å². The van der Waals surface area contributed by atoms with Gasteiger partial charge in [-0.05, 0) is 24.3 Å². The summed E-state index contributed by atoms with van der Waals surface area (Å²) in [6, 6.07) is 3.81. The lowest BCUT2D eigenvalue weighted by atomic mass is 10.2. The maximum Gasteiger partial charge on any atom is 0.328 e. The van der Waals surface area contributed by atoms with Gasteiger partial charge >= 0.3 is 11.7 Å². The van der Waals surface area contributed by atoms with Crippen molar-refractivity contribution >= 4 is 40.2 Å². The van der Waals surface area contributed by atoms with Crippen LogP contribution in [0.2, 0.25) is 0 Å². The number of nitrogens with one attached hydrogen (secondary N) is 2. The van der Waals surface area contributed by atoms with Crippen molar-refractivity contribution < 1.29 is 4.79 Å². The summed E-state index contributed by atoms with van der Waals surface area (Å²) in [5.41, 5.74) is 3.10. The van der Waals surface area contributed by atoms with E-state index in [4.69, 9.17) is 0 Å². The van der Waals surface area contributed by atoms with Gasteiger partial charge in [-0.15, -0.1) is 0 Å². The molecule has 0 unspecified atom stereocenters. The van der Waals surface area contributed by atoms with Gasteiger partial charge in [0.25, 0.3) is 0 Å². The summed E-state index contributed by atoms with van der Waals surface area (Å²) in [5, 5.41) is 5.95. The van der Waals surface area contributed by atoms with E-state index < -0.39 is 0 Å². The summed E-state index contributed by atoms with van der Waals surface area (Å²) in [6.07, 6.45) is 1.00. The van der Waals surface area contributed by atoms with Gasteiger partial charge in [0.1, 0.15) is 0 Å². The minimum absolute atomic E-state index is 0.0840. The standard InChI is InChI=1S/C16H23N5O2S/c1-19(2)12-8-14-13(20(3)16(23)21(14)4)7-11(12)18-15(22)17-10-5-6-24-9-10/h7-8,10H,5-6,9H2,1-4H3,(H2,17,18,22)/t10-/m0/s1. The van der Waals surface area contributed by atoms with Crippen molar-refractivity contribution in [2.45, 2.75) is 12.5 Å². The maximum absolute atomic E-state index is 12.3. The van der Waals surface area contributed by atoms with E-state index in [1.54, 1.807) is 23.2 Å². The van der Waals surface area contributed by atoms with E-state index in [2.05, 4.69) is 10.6 Å². The van der Waals surface area contributed by atoms with E-state index in [0.29, 0.717) is 5.69 Å². The molecule has 0 spiro atoms. The monoisotopic (exact) mass is 349 g/mol. The van der Waals surface area contributed by atoms with Crippen molar-refractivity contribution in [3.63, 3.8) is 0 Å². The van der Waals surface area contributed by atoms with Gasteiger partial charge in [0.05, 0.1) is 22.4 Å². The lowest BCUT2D eigenvalue weighted by Gasteiger charge is -2.20. The van der Waals surface area contributed by atoms with E-state index in [0.717, 1.165) is 34.6 Å². The third-order valence-electron chi connectivity index (χ3n) is 4.38. The first-order valence-electron chi connectivity index (χ1n) is 7.90. The molecule has 2 N–H and O–H groups in total. The fraction of sp³-hybridized carbons (Fsp3) is 0.500. The van der Waals surface area contributed by atoms with Gasteiger partial charge < -0.3 is 15.5 Å². The van der Waals surface area contributed by atoms with Crippen molar-refractivity contribution in [2.24, 2.45) is 14.1 Å². The van der Waals surface area contributed by atoms with E-state index in [1.807, 2.05) is 42.9 Å². The number of hydrogen-bond donors (Lipinski definition) is 2. The molecule has 1 saturated heterocycles. The molecule has 1 atom stereocenters. The second-order valence-electron chi connectivity index (χ2n) is 6.31. The topological polar surface area (TPSA) is 71.3 Å². The highest BCUT2D eigenvalue weighted by Gasteiger charge is 2.19. The van der Waals surface area contributed by atoms with E-state index in [1.165, 1.54) is 0 Å². The predicted octanol–water partition coefficient (Wildman–Crippen LogP) is 1.57. The number of nitrogens with zero attached hydrogens (tertiary/aromatic N) is 3. The van der Waals surface area contributed by atoms with Crippen molar-refractivity contribution in [1.82, 2.24) is 14.5 Å². The Morgan fingerprint density at radius 3 is 2.50 bits per heavy atom. The number of carbonyl (C=O) groups excluding carboxylic acids is 1. The molecule has 1 fully saturated rings. The minimum Gasteiger partial charge on any atom is -0.376 e. The molecule has 7 nitrogen and oxygen atoms in total. The number of aryl methyl sites for hydroxylation is 2. The molecule has 1 aliphatic heterocycles. The van der Waals surface area contributed by atoms with Gasteiger partial charge in [-0.2, -0.15) is 11.8 Å². The SMILES string of the molecule is CN(C)c1cc2c(cc1NC(=O)N[C@H]1CCSC1)n(C)c(=O)n2C. The molecule has 1 aromatic carbocycles. The minimum atomic E-state index is -0.203. The second-order valence-corrected chi connectivity index (χ2v) is 7.46. The number of aromatic nitrogens is 2. The molecular formula is C16H23N5O2S. The summed E-state index contributed by atoms with van der Waals surface area (Å²) in [6.45, 7) is 0. The Hall–Kier alpha value is -2.09. The third kappa shape index (κ3) is 2.98. The first-order valence-corrected chi connectivity index (χ1v) is 9.06. The van der Waals surface area contributed by atoms with Crippen LogP contribution in [-0.4, -0.2) is 46.8 Å². The van der Waals surface area contributed by atoms with Gasteiger partial charge in [0, 0.05) is 40.0 Å². The lowest BCUT2D eigenvalue weighted by Crippen LogP contribution is -2.38. The lowest BCUT2D eigenvalue weighted by molar-refractivity contribution is 0.249. The maximum atomic E-state index is 12.3. The zero-order chi connectivity index (χ0) is 17.4. The number of benzene rings is 1. The highest BCUT2D eigenvalue weighted by molar-refractivity contribution is 7.99. The smallest absolute Gasteiger partial charge is 0.328 e. The Labute approximate surface area is 145 Å². The number of carbonyl (C=O) groups is 1. The molecule has 2 amide bonds. The second kappa shape index (κ2) is 6.43. The van der Waals surface area contributed by atoms with Crippen LogP contribution in [0.25, 0.3) is 11.0 Å². The van der Waals surface area contributed by atoms with Crippen LogP contribution in [0.3, 0.4) is 0 Å². The number of urea groups is 1. The number of thioether (sulfide) groups is 1. The first kappa shape index (κ1) is 16.8. The normalized spacial score (nSPS) is 17.2. The van der Waals surface area contributed by atoms with Gasteiger partial charge in [-0.3, -0.25) is 9.13 Å². The molecule has 0 aliphatic carbocycles. The fourth-order valence-electron chi connectivity index (χ4n) is 3.00. The van der Waals surface area contributed by atoms with Crippen LogP contribution in [0.15, 0.2) is 16.9 Å². The average molecular weight is 349 g/mol. The quantitative estimate of drug-likeness (QED) is 0.882. The molecule has 1 aliphatic rings. The molecule has 2 heterocycles. The molecule has 1 aromatic heterocycles. The van der Waals surface area contributed by atoms with Crippen LogP contribution < -0.4 is 21.2 Å². The largest absolute Gasteiger partial charge is 0.376 e. The summed E-state index contributed by atoms with van der Waals surface area (Å²) in [7, 11) is 7.32. The Kier molecular flexibility index (Phi) is 4.49. The van der Waals surface area contributed by atoms with Crippen LogP contribution in [-0.2, 0) is 14.1 Å². The van der Waals surface area contributed by atoms with E-state index in [-0.39, 0.29) is 17.8 Å². The Bertz CT molecular complexity index is 833. The number of fused-ring (bicyclic) bond motifs is 1. The highest BCUT2D eigenvalue weighted by atomic mass is 32.2. The third-order valence-corrected chi connectivity index (χ3v) is 5.55. The summed E-state index contributed by atoms with van der Waals surface area (Å²) >= 11 is 1.86. The van der Waals surface area contributed by atoms with Gasteiger partial charge in [0.2, 0.25) is 0 Å². The van der Waals surface area contributed by atoms with Crippen molar-refractivity contribution in [3.8, 4) is 0 Å². The molecule has 2 aromatic rings. The Morgan fingerprint density at radius 2 is 1.92 bits per heavy atom. The van der Waals surface area contributed by atoms with Crippen molar-refractivity contribution in [3.05, 3.63) is 22.6 Å². The van der Waals surface area contributed by atoms with Crippen molar-refractivity contribution in [1.29, 1.82) is 0 Å². The zero-order valence-electron chi connectivity index (χ0n) is 14.4. The first-order chi connectivity index (χ1) is 11.4. The van der Waals surface area contributed by atoms with Gasteiger partial charge in [-0.25, -0.2) is 9.59 Å².